The molecule has 0 aliphatic heterocycles. The summed E-state index contributed by atoms with van der Waals surface area (Å²) in [5, 5.41) is 3.04. The molecular weight excluding hydrogens is 327 g/mol. The van der Waals surface area contributed by atoms with E-state index >= 15 is 0 Å². The van der Waals surface area contributed by atoms with Crippen molar-refractivity contribution in [2.24, 2.45) is 0 Å². The zero-order valence-corrected chi connectivity index (χ0v) is 12.1. The van der Waals surface area contributed by atoms with Crippen LogP contribution in [-0.4, -0.2) is 25.6 Å². The van der Waals surface area contributed by atoms with Gasteiger partial charge in [-0.05, 0) is 48.0 Å². The Hall–Kier alpha value is -0.950. The predicted molar refractivity (Wildman–Crippen MR) is 70.4 cm³/mol. The zero-order chi connectivity index (χ0) is 14.5. The molecule has 0 atom stereocenters. The smallest absolute Gasteiger partial charge is 0.405 e. The van der Waals surface area contributed by atoms with Gasteiger partial charge >= 0.3 is 6.36 Å². The summed E-state index contributed by atoms with van der Waals surface area (Å²) in [4.78, 5) is 0. The Morgan fingerprint density at radius 2 is 2.00 bits per heavy atom. The molecule has 0 unspecified atom stereocenters. The molecular formula is C12H15BrF3NO2. The molecule has 0 aliphatic rings. The molecule has 0 amide bonds. The summed E-state index contributed by atoms with van der Waals surface area (Å²) >= 11 is 3.04. The molecule has 1 N–H and O–H groups in total. The molecule has 0 aromatic heterocycles. The molecule has 1 rings (SSSR count). The van der Waals surface area contributed by atoms with Crippen molar-refractivity contribution in [3.05, 3.63) is 22.7 Å². The second-order valence-electron chi connectivity index (χ2n) is 4.04. The molecule has 0 saturated heterocycles. The summed E-state index contributed by atoms with van der Waals surface area (Å²) in [6.45, 7) is 4.96. The minimum absolute atomic E-state index is 0.149. The average Bonchev–Trinajstić information content (AvgIpc) is 2.26. The van der Waals surface area contributed by atoms with Crippen molar-refractivity contribution in [1.29, 1.82) is 0 Å². The highest BCUT2D eigenvalue weighted by atomic mass is 79.9. The second kappa shape index (κ2) is 7.00. The SMILES string of the molecule is CC(C)OCCNc1ccc(OC(F)(F)F)c(Br)c1. The first-order valence-corrected chi connectivity index (χ1v) is 6.48. The molecule has 1 aromatic rings. The van der Waals surface area contributed by atoms with E-state index in [1.807, 2.05) is 13.8 Å². The fraction of sp³-hybridized carbons (Fsp3) is 0.500. The number of ether oxygens (including phenoxy) is 2. The Bertz CT molecular complexity index is 410. The van der Waals surface area contributed by atoms with E-state index in [0.29, 0.717) is 18.8 Å². The van der Waals surface area contributed by atoms with Gasteiger partial charge in [0.1, 0.15) is 5.75 Å². The number of halogens is 4. The van der Waals surface area contributed by atoms with Crippen LogP contribution in [0.3, 0.4) is 0 Å². The van der Waals surface area contributed by atoms with Gasteiger partial charge in [-0.3, -0.25) is 0 Å². The summed E-state index contributed by atoms with van der Waals surface area (Å²) in [6, 6.07) is 4.29. The first-order chi connectivity index (χ1) is 8.78. The first kappa shape index (κ1) is 16.1. The summed E-state index contributed by atoms with van der Waals surface area (Å²) in [5.74, 6) is -0.267. The lowest BCUT2D eigenvalue weighted by Gasteiger charge is -2.13. The Balaban J connectivity index is 2.52. The van der Waals surface area contributed by atoms with Crippen LogP contribution in [0, 0.1) is 0 Å². The van der Waals surface area contributed by atoms with Crippen molar-refractivity contribution in [3.8, 4) is 5.75 Å². The third-order valence-corrected chi connectivity index (χ3v) is 2.66. The van der Waals surface area contributed by atoms with Crippen LogP contribution in [0.1, 0.15) is 13.8 Å². The lowest BCUT2D eigenvalue weighted by Crippen LogP contribution is -2.17. The van der Waals surface area contributed by atoms with Crippen molar-refractivity contribution < 1.29 is 22.6 Å². The van der Waals surface area contributed by atoms with Crippen molar-refractivity contribution in [2.75, 3.05) is 18.5 Å². The molecule has 108 valence electrons. The number of nitrogens with one attached hydrogen (secondary N) is 1. The van der Waals surface area contributed by atoms with Gasteiger partial charge < -0.3 is 14.8 Å². The van der Waals surface area contributed by atoms with Gasteiger partial charge in [-0.1, -0.05) is 0 Å². The highest BCUT2D eigenvalue weighted by Gasteiger charge is 2.31. The van der Waals surface area contributed by atoms with E-state index in [1.165, 1.54) is 18.2 Å². The molecule has 7 heteroatoms. The normalized spacial score (nSPS) is 11.7. The third kappa shape index (κ3) is 6.68. The van der Waals surface area contributed by atoms with Crippen molar-refractivity contribution in [3.63, 3.8) is 0 Å². The van der Waals surface area contributed by atoms with E-state index in [9.17, 15) is 13.2 Å². The maximum atomic E-state index is 12.1. The van der Waals surface area contributed by atoms with Crippen molar-refractivity contribution in [2.45, 2.75) is 26.3 Å². The van der Waals surface area contributed by atoms with Gasteiger partial charge in [0.15, 0.2) is 0 Å². The second-order valence-corrected chi connectivity index (χ2v) is 4.89. The highest BCUT2D eigenvalue weighted by Crippen LogP contribution is 2.32. The largest absolute Gasteiger partial charge is 0.573 e. The van der Waals surface area contributed by atoms with Crippen LogP contribution in [0.25, 0.3) is 0 Å². The standard InChI is InChI=1S/C12H15BrF3NO2/c1-8(2)18-6-5-17-9-3-4-11(10(13)7-9)19-12(14,15)16/h3-4,7-8,17H,5-6H2,1-2H3. The van der Waals surface area contributed by atoms with Crippen LogP contribution >= 0.6 is 15.9 Å². The molecule has 19 heavy (non-hydrogen) atoms. The molecule has 0 saturated carbocycles. The average molecular weight is 342 g/mol. The molecule has 0 aliphatic carbocycles. The molecule has 0 heterocycles. The van der Waals surface area contributed by atoms with Gasteiger partial charge in [0, 0.05) is 12.2 Å². The highest BCUT2D eigenvalue weighted by molar-refractivity contribution is 9.10. The number of alkyl halides is 3. The van der Waals surface area contributed by atoms with E-state index in [-0.39, 0.29) is 16.3 Å². The van der Waals surface area contributed by atoms with E-state index < -0.39 is 6.36 Å². The molecule has 0 fully saturated rings. The molecule has 0 bridgehead atoms. The first-order valence-electron chi connectivity index (χ1n) is 5.68. The summed E-state index contributed by atoms with van der Waals surface area (Å²) in [6.07, 6.45) is -4.54. The monoisotopic (exact) mass is 341 g/mol. The molecule has 3 nitrogen and oxygen atoms in total. The lowest BCUT2D eigenvalue weighted by atomic mass is 10.3. The van der Waals surface area contributed by atoms with E-state index in [2.05, 4.69) is 26.0 Å². The van der Waals surface area contributed by atoms with E-state index in [4.69, 9.17) is 4.74 Å². The van der Waals surface area contributed by atoms with Crippen LogP contribution in [0.4, 0.5) is 18.9 Å². The van der Waals surface area contributed by atoms with Crippen LogP contribution in [0.2, 0.25) is 0 Å². The Kier molecular flexibility index (Phi) is 5.93. The number of hydrogen-bond donors (Lipinski definition) is 1. The van der Waals surface area contributed by atoms with Gasteiger partial charge in [-0.2, -0.15) is 0 Å². The Morgan fingerprint density at radius 3 is 2.53 bits per heavy atom. The van der Waals surface area contributed by atoms with Crippen LogP contribution < -0.4 is 10.1 Å². The number of hydrogen-bond acceptors (Lipinski definition) is 3. The minimum Gasteiger partial charge on any atom is -0.405 e. The van der Waals surface area contributed by atoms with E-state index in [0.717, 1.165) is 0 Å². The topological polar surface area (TPSA) is 30.5 Å². The quantitative estimate of drug-likeness (QED) is 0.787. The summed E-state index contributed by atoms with van der Waals surface area (Å²) in [7, 11) is 0. The van der Waals surface area contributed by atoms with Crippen LogP contribution in [-0.2, 0) is 4.74 Å². The van der Waals surface area contributed by atoms with Crippen LogP contribution in [0.5, 0.6) is 5.75 Å². The fourth-order valence-corrected chi connectivity index (χ4v) is 1.77. The van der Waals surface area contributed by atoms with Crippen molar-refractivity contribution in [1.82, 2.24) is 0 Å². The van der Waals surface area contributed by atoms with Gasteiger partial charge in [-0.25, -0.2) is 0 Å². The van der Waals surface area contributed by atoms with E-state index in [1.54, 1.807) is 0 Å². The zero-order valence-electron chi connectivity index (χ0n) is 10.6. The van der Waals surface area contributed by atoms with Crippen molar-refractivity contribution >= 4 is 21.6 Å². The minimum atomic E-state index is -4.69. The summed E-state index contributed by atoms with van der Waals surface area (Å²) < 4.78 is 45.6. The lowest BCUT2D eigenvalue weighted by molar-refractivity contribution is -0.274. The maximum absolute atomic E-state index is 12.1. The fourth-order valence-electron chi connectivity index (χ4n) is 1.31. The van der Waals surface area contributed by atoms with Gasteiger partial charge in [0.25, 0.3) is 0 Å². The Labute approximate surface area is 118 Å². The van der Waals surface area contributed by atoms with Gasteiger partial charge in [0.05, 0.1) is 17.2 Å². The van der Waals surface area contributed by atoms with Gasteiger partial charge in [0.2, 0.25) is 0 Å². The maximum Gasteiger partial charge on any atom is 0.573 e. The summed E-state index contributed by atoms with van der Waals surface area (Å²) in [5.41, 5.74) is 0.689. The number of rotatable bonds is 6. The van der Waals surface area contributed by atoms with Gasteiger partial charge in [-0.15, -0.1) is 13.2 Å². The molecule has 0 radical (unpaired) electrons. The predicted octanol–water partition coefficient (Wildman–Crippen LogP) is 4.18. The Morgan fingerprint density at radius 1 is 1.32 bits per heavy atom. The number of anilines is 1. The number of benzene rings is 1. The molecule has 0 spiro atoms. The molecule has 1 aromatic carbocycles. The van der Waals surface area contributed by atoms with Crippen LogP contribution in [0.15, 0.2) is 22.7 Å². The third-order valence-electron chi connectivity index (χ3n) is 2.04.